The first kappa shape index (κ1) is 14.2. The van der Waals surface area contributed by atoms with Crippen LogP contribution in [0.15, 0.2) is 48.5 Å². The minimum absolute atomic E-state index is 0.0440. The Labute approximate surface area is 109 Å². The normalized spacial score (nSPS) is 9.05. The Morgan fingerprint density at radius 3 is 1.89 bits per heavy atom. The van der Waals surface area contributed by atoms with Crippen molar-refractivity contribution in [1.82, 2.24) is 0 Å². The van der Waals surface area contributed by atoms with Crippen molar-refractivity contribution in [3.8, 4) is 11.5 Å². The molecule has 0 spiro atoms. The fourth-order valence-corrected chi connectivity index (χ4v) is 1.29. The summed E-state index contributed by atoms with van der Waals surface area (Å²) in [6.45, 7) is 0. The lowest BCUT2D eigenvalue weighted by Gasteiger charge is -1.95. The van der Waals surface area contributed by atoms with E-state index in [0.29, 0.717) is 6.29 Å². The number of aldehydes is 1. The molecule has 3 N–H and O–H groups in total. The predicted octanol–water partition coefficient (Wildman–Crippen LogP) is 2.30. The number of aromatic hydroxyl groups is 2. The third-order valence-electron chi connectivity index (χ3n) is 2.15. The molecule has 19 heavy (non-hydrogen) atoms. The van der Waals surface area contributed by atoms with Gasteiger partial charge < -0.3 is 15.3 Å². The van der Waals surface area contributed by atoms with Crippen LogP contribution in [0, 0.1) is 0 Å². The number of benzene rings is 2. The highest BCUT2D eigenvalue weighted by atomic mass is 16.4. The van der Waals surface area contributed by atoms with Crippen LogP contribution in [0.4, 0.5) is 0 Å². The first-order valence-electron chi connectivity index (χ1n) is 5.30. The quantitative estimate of drug-likeness (QED) is 0.720. The largest absolute Gasteiger partial charge is 0.508 e. The number of phenolic OH excluding ortho intramolecular Hbond substituents is 2. The molecule has 5 nitrogen and oxygen atoms in total. The zero-order valence-corrected chi connectivity index (χ0v) is 9.85. The minimum Gasteiger partial charge on any atom is -0.508 e. The van der Waals surface area contributed by atoms with Gasteiger partial charge in [0.1, 0.15) is 11.5 Å². The van der Waals surface area contributed by atoms with Gasteiger partial charge in [0.25, 0.3) is 0 Å². The highest BCUT2D eigenvalue weighted by molar-refractivity contribution is 5.96. The smallest absolute Gasteiger partial charge is 0.336 e. The van der Waals surface area contributed by atoms with Crippen molar-refractivity contribution in [1.29, 1.82) is 0 Å². The number of carboxylic acids is 1. The van der Waals surface area contributed by atoms with Gasteiger partial charge in [0, 0.05) is 11.6 Å². The van der Waals surface area contributed by atoms with E-state index in [1.807, 2.05) is 0 Å². The number of phenols is 2. The second-order valence-electron chi connectivity index (χ2n) is 3.53. The van der Waals surface area contributed by atoms with E-state index in [2.05, 4.69) is 0 Å². The van der Waals surface area contributed by atoms with E-state index < -0.39 is 5.97 Å². The second-order valence-corrected chi connectivity index (χ2v) is 3.53. The highest BCUT2D eigenvalue weighted by Gasteiger charge is 2.06. The van der Waals surface area contributed by atoms with E-state index in [9.17, 15) is 9.59 Å². The van der Waals surface area contributed by atoms with Crippen molar-refractivity contribution < 1.29 is 24.9 Å². The van der Waals surface area contributed by atoms with Gasteiger partial charge in [-0.15, -0.1) is 0 Å². The van der Waals surface area contributed by atoms with Gasteiger partial charge in [-0.25, -0.2) is 4.79 Å². The van der Waals surface area contributed by atoms with Gasteiger partial charge in [-0.3, -0.25) is 4.79 Å². The number of rotatable bonds is 2. The van der Waals surface area contributed by atoms with Crippen molar-refractivity contribution in [3.05, 3.63) is 59.7 Å². The highest BCUT2D eigenvalue weighted by Crippen LogP contribution is 2.14. The first-order chi connectivity index (χ1) is 9.04. The summed E-state index contributed by atoms with van der Waals surface area (Å²) in [4.78, 5) is 20.7. The molecule has 98 valence electrons. The molecule has 0 saturated carbocycles. The van der Waals surface area contributed by atoms with Crippen LogP contribution in [0.2, 0.25) is 0 Å². The summed E-state index contributed by atoms with van der Waals surface area (Å²) in [5.74, 6) is -0.900. The van der Waals surface area contributed by atoms with Crippen molar-refractivity contribution >= 4 is 12.3 Å². The summed E-state index contributed by atoms with van der Waals surface area (Å²) in [5, 5.41) is 25.8. The van der Waals surface area contributed by atoms with E-state index in [1.54, 1.807) is 18.2 Å². The number of hydrogen-bond acceptors (Lipinski definition) is 4. The molecule has 2 aromatic carbocycles. The molecule has 0 amide bonds. The molecule has 2 rings (SSSR count). The van der Waals surface area contributed by atoms with Crippen LogP contribution in [0.3, 0.4) is 0 Å². The van der Waals surface area contributed by atoms with Gasteiger partial charge in [-0.1, -0.05) is 24.3 Å². The Balaban J connectivity index is 0.000000200. The molecule has 0 aliphatic heterocycles. The third kappa shape index (κ3) is 4.51. The maximum atomic E-state index is 10.4. The van der Waals surface area contributed by atoms with Gasteiger partial charge in [0.05, 0.1) is 5.56 Å². The molecule has 5 heteroatoms. The second kappa shape index (κ2) is 6.80. The zero-order valence-electron chi connectivity index (χ0n) is 9.85. The summed E-state index contributed by atoms with van der Waals surface area (Å²) < 4.78 is 0. The first-order valence-corrected chi connectivity index (χ1v) is 5.30. The average Bonchev–Trinajstić information content (AvgIpc) is 2.39. The molecular formula is C14H12O5. The van der Waals surface area contributed by atoms with Crippen molar-refractivity contribution in [2.45, 2.75) is 0 Å². The standard InChI is InChI=1S/C8H6O3.C6H6O2/c9-5-6-3-1-2-4-7(6)8(10)11;7-5-2-1-3-6(8)4-5/h1-5H,(H,10,11);1-4,7-8H. The van der Waals surface area contributed by atoms with Crippen LogP contribution < -0.4 is 0 Å². The lowest BCUT2D eigenvalue weighted by Crippen LogP contribution is -2.00. The Hall–Kier alpha value is -2.82. The maximum Gasteiger partial charge on any atom is 0.336 e. The van der Waals surface area contributed by atoms with Gasteiger partial charge >= 0.3 is 5.97 Å². The molecule has 0 atom stereocenters. The van der Waals surface area contributed by atoms with Crippen LogP contribution >= 0.6 is 0 Å². The fraction of sp³-hybridized carbons (Fsp3) is 0. The van der Waals surface area contributed by atoms with E-state index in [4.69, 9.17) is 15.3 Å². The number of hydrogen-bond donors (Lipinski definition) is 3. The Bertz CT molecular complexity index is 560. The van der Waals surface area contributed by atoms with Crippen molar-refractivity contribution in [2.24, 2.45) is 0 Å². The van der Waals surface area contributed by atoms with Gasteiger partial charge in [0.15, 0.2) is 6.29 Å². The molecule has 0 aliphatic rings. The van der Waals surface area contributed by atoms with Crippen LogP contribution in [0.1, 0.15) is 20.7 Å². The van der Waals surface area contributed by atoms with E-state index in [1.165, 1.54) is 30.3 Å². The Kier molecular flexibility index (Phi) is 5.10. The molecular weight excluding hydrogens is 248 g/mol. The molecule has 0 radical (unpaired) electrons. The molecule has 0 aromatic heterocycles. The van der Waals surface area contributed by atoms with Crippen LogP contribution in [-0.2, 0) is 0 Å². The molecule has 0 saturated heterocycles. The lowest BCUT2D eigenvalue weighted by atomic mass is 10.1. The molecule has 2 aromatic rings. The zero-order chi connectivity index (χ0) is 14.3. The molecule has 0 aliphatic carbocycles. The molecule has 0 heterocycles. The van der Waals surface area contributed by atoms with E-state index >= 15 is 0 Å². The van der Waals surface area contributed by atoms with Crippen molar-refractivity contribution in [2.75, 3.05) is 0 Å². The van der Waals surface area contributed by atoms with Crippen LogP contribution in [0.5, 0.6) is 11.5 Å². The van der Waals surface area contributed by atoms with E-state index in [0.717, 1.165) is 0 Å². The third-order valence-corrected chi connectivity index (χ3v) is 2.15. The SMILES string of the molecule is O=Cc1ccccc1C(=O)O.Oc1cccc(O)c1. The van der Waals surface area contributed by atoms with Gasteiger partial charge in [0.2, 0.25) is 0 Å². The molecule has 0 fully saturated rings. The maximum absolute atomic E-state index is 10.4. The fourth-order valence-electron chi connectivity index (χ4n) is 1.29. The summed E-state index contributed by atoms with van der Waals surface area (Å²) in [6.07, 6.45) is 0.531. The molecule has 0 bridgehead atoms. The monoisotopic (exact) mass is 260 g/mol. The summed E-state index contributed by atoms with van der Waals surface area (Å²) in [7, 11) is 0. The summed E-state index contributed by atoms with van der Waals surface area (Å²) in [5.41, 5.74) is 0.252. The number of aromatic carboxylic acids is 1. The Morgan fingerprint density at radius 2 is 1.53 bits per heavy atom. The number of carboxylic acid groups (broad SMARTS) is 1. The van der Waals surface area contributed by atoms with Crippen LogP contribution in [-0.4, -0.2) is 27.6 Å². The minimum atomic E-state index is -1.08. The predicted molar refractivity (Wildman–Crippen MR) is 68.6 cm³/mol. The lowest BCUT2D eigenvalue weighted by molar-refractivity contribution is 0.0694. The van der Waals surface area contributed by atoms with E-state index in [-0.39, 0.29) is 22.6 Å². The summed E-state index contributed by atoms with van der Waals surface area (Å²) >= 11 is 0. The Morgan fingerprint density at radius 1 is 0.947 bits per heavy atom. The number of carbonyl (C=O) groups excluding carboxylic acids is 1. The van der Waals surface area contributed by atoms with Gasteiger partial charge in [-0.05, 0) is 18.2 Å². The van der Waals surface area contributed by atoms with Crippen molar-refractivity contribution in [3.63, 3.8) is 0 Å². The van der Waals surface area contributed by atoms with Gasteiger partial charge in [-0.2, -0.15) is 0 Å². The van der Waals surface area contributed by atoms with Crippen LogP contribution in [0.25, 0.3) is 0 Å². The molecule has 0 unspecified atom stereocenters. The summed E-state index contributed by atoms with van der Waals surface area (Å²) in [6, 6.07) is 11.9. The average molecular weight is 260 g/mol. The number of carbonyl (C=O) groups is 2. The topological polar surface area (TPSA) is 94.8 Å².